The molecule has 4 nitrogen and oxygen atoms in total. The maximum Gasteiger partial charge on any atom is 0.0538 e. The predicted molar refractivity (Wildman–Crippen MR) is 76.4 cm³/mol. The summed E-state index contributed by atoms with van der Waals surface area (Å²) in [7, 11) is 1.94. The Labute approximate surface area is 111 Å². The zero-order valence-corrected chi connectivity index (χ0v) is 12.5. The van der Waals surface area contributed by atoms with Gasteiger partial charge in [0.1, 0.15) is 0 Å². The van der Waals surface area contributed by atoms with Crippen molar-refractivity contribution in [2.75, 3.05) is 13.1 Å². The maximum atomic E-state index is 6.57. The molecule has 0 aromatic carbocycles. The van der Waals surface area contributed by atoms with Gasteiger partial charge in [-0.15, -0.1) is 0 Å². The van der Waals surface area contributed by atoms with Crippen molar-refractivity contribution in [2.45, 2.75) is 52.1 Å². The molecule has 1 heterocycles. The number of rotatable bonds is 7. The predicted octanol–water partition coefficient (Wildman–Crippen LogP) is 2.32. The number of nitrogens with two attached hydrogens (primary N) is 1. The summed E-state index contributed by atoms with van der Waals surface area (Å²) in [6.07, 6.45) is 6.05. The Bertz CT molecular complexity index is 350. The van der Waals surface area contributed by atoms with Crippen LogP contribution < -0.4 is 5.73 Å². The van der Waals surface area contributed by atoms with Crippen molar-refractivity contribution in [3.05, 3.63) is 18.0 Å². The lowest BCUT2D eigenvalue weighted by atomic mass is 9.80. The van der Waals surface area contributed by atoms with Gasteiger partial charge in [-0.3, -0.25) is 9.58 Å². The number of likely N-dealkylation sites (N-methyl/N-ethyl adjacent to an activating group) is 1. The molecule has 0 saturated carbocycles. The first kappa shape index (κ1) is 15.2. The monoisotopic (exact) mass is 252 g/mol. The molecule has 0 bridgehead atoms. The van der Waals surface area contributed by atoms with Crippen molar-refractivity contribution in [1.82, 2.24) is 14.7 Å². The molecule has 1 unspecified atom stereocenters. The fourth-order valence-electron chi connectivity index (χ4n) is 3.10. The van der Waals surface area contributed by atoms with Crippen LogP contribution in [0.25, 0.3) is 0 Å². The molecular weight excluding hydrogens is 224 g/mol. The van der Waals surface area contributed by atoms with Crippen LogP contribution in [0.15, 0.2) is 12.4 Å². The summed E-state index contributed by atoms with van der Waals surface area (Å²) < 4.78 is 1.83. The van der Waals surface area contributed by atoms with E-state index in [1.54, 1.807) is 0 Å². The molecule has 1 atom stereocenters. The van der Waals surface area contributed by atoms with Crippen LogP contribution in [0.4, 0.5) is 0 Å². The van der Waals surface area contributed by atoms with Gasteiger partial charge in [-0.05, 0) is 25.9 Å². The number of aromatic nitrogens is 2. The number of aryl methyl sites for hydroxylation is 1. The van der Waals surface area contributed by atoms with E-state index in [1.807, 2.05) is 24.1 Å². The largest absolute Gasteiger partial charge is 0.322 e. The van der Waals surface area contributed by atoms with Gasteiger partial charge in [-0.1, -0.05) is 27.7 Å². The highest BCUT2D eigenvalue weighted by Crippen LogP contribution is 2.35. The summed E-state index contributed by atoms with van der Waals surface area (Å²) in [5.74, 6) is 0. The first-order valence-corrected chi connectivity index (χ1v) is 7.04. The molecule has 1 rings (SSSR count). The molecule has 4 heteroatoms. The lowest BCUT2D eigenvalue weighted by molar-refractivity contribution is 0.0625. The highest BCUT2D eigenvalue weighted by Gasteiger charge is 2.39. The van der Waals surface area contributed by atoms with Crippen LogP contribution in [0.3, 0.4) is 0 Å². The van der Waals surface area contributed by atoms with Gasteiger partial charge in [0.25, 0.3) is 0 Å². The van der Waals surface area contributed by atoms with Crippen LogP contribution in [0.2, 0.25) is 0 Å². The van der Waals surface area contributed by atoms with Gasteiger partial charge in [0, 0.05) is 24.3 Å². The Morgan fingerprint density at radius 3 is 2.17 bits per heavy atom. The Kier molecular flexibility index (Phi) is 5.35. The molecule has 0 fully saturated rings. The quantitative estimate of drug-likeness (QED) is 0.810. The van der Waals surface area contributed by atoms with Crippen LogP contribution in [0.5, 0.6) is 0 Å². The van der Waals surface area contributed by atoms with Crippen molar-refractivity contribution >= 4 is 0 Å². The number of hydrogen-bond donors (Lipinski definition) is 1. The average Bonchev–Trinajstić information content (AvgIpc) is 2.82. The summed E-state index contributed by atoms with van der Waals surface area (Å²) in [6, 6.07) is 0.0149. The van der Waals surface area contributed by atoms with E-state index < -0.39 is 0 Å². The van der Waals surface area contributed by atoms with Gasteiger partial charge >= 0.3 is 0 Å². The first-order chi connectivity index (χ1) is 8.55. The molecule has 104 valence electrons. The zero-order chi connectivity index (χ0) is 13.8. The van der Waals surface area contributed by atoms with Crippen molar-refractivity contribution in [3.8, 4) is 0 Å². The SMILES string of the molecule is CCN(CC)C(CC)(CC)C(N)c1cnn(C)c1. The van der Waals surface area contributed by atoms with E-state index in [9.17, 15) is 0 Å². The minimum Gasteiger partial charge on any atom is -0.322 e. The molecule has 0 aliphatic carbocycles. The van der Waals surface area contributed by atoms with E-state index >= 15 is 0 Å². The fraction of sp³-hybridized carbons (Fsp3) is 0.786. The minimum atomic E-state index is 0.0149. The molecule has 0 saturated heterocycles. The average molecular weight is 252 g/mol. The highest BCUT2D eigenvalue weighted by atomic mass is 15.3. The van der Waals surface area contributed by atoms with Crippen LogP contribution >= 0.6 is 0 Å². The smallest absolute Gasteiger partial charge is 0.0538 e. The number of nitrogens with zero attached hydrogens (tertiary/aromatic N) is 3. The molecule has 0 radical (unpaired) electrons. The van der Waals surface area contributed by atoms with E-state index in [4.69, 9.17) is 5.73 Å². The summed E-state index contributed by atoms with van der Waals surface area (Å²) in [4.78, 5) is 2.49. The molecule has 1 aromatic rings. The van der Waals surface area contributed by atoms with Crippen molar-refractivity contribution in [2.24, 2.45) is 12.8 Å². The molecule has 18 heavy (non-hydrogen) atoms. The summed E-state index contributed by atoms with van der Waals surface area (Å²) in [5.41, 5.74) is 7.73. The van der Waals surface area contributed by atoms with E-state index in [2.05, 4.69) is 37.7 Å². The second-order valence-electron chi connectivity index (χ2n) is 4.91. The zero-order valence-electron chi connectivity index (χ0n) is 12.5. The fourth-order valence-corrected chi connectivity index (χ4v) is 3.10. The second-order valence-corrected chi connectivity index (χ2v) is 4.91. The van der Waals surface area contributed by atoms with E-state index in [-0.39, 0.29) is 11.6 Å². The molecule has 1 aromatic heterocycles. The van der Waals surface area contributed by atoms with Gasteiger partial charge in [-0.2, -0.15) is 5.10 Å². The Hall–Kier alpha value is -0.870. The number of hydrogen-bond acceptors (Lipinski definition) is 3. The van der Waals surface area contributed by atoms with Gasteiger partial charge in [-0.25, -0.2) is 0 Å². The third-order valence-electron chi connectivity index (χ3n) is 4.28. The van der Waals surface area contributed by atoms with Gasteiger partial charge in [0.05, 0.1) is 12.2 Å². The van der Waals surface area contributed by atoms with Crippen molar-refractivity contribution < 1.29 is 0 Å². The Morgan fingerprint density at radius 2 is 1.83 bits per heavy atom. The third kappa shape index (κ3) is 2.59. The van der Waals surface area contributed by atoms with Crippen LogP contribution in [-0.2, 0) is 7.05 Å². The highest BCUT2D eigenvalue weighted by molar-refractivity contribution is 5.17. The lowest BCUT2D eigenvalue weighted by Gasteiger charge is -2.46. The molecule has 0 amide bonds. The summed E-state index contributed by atoms with van der Waals surface area (Å²) in [5, 5.41) is 4.25. The molecule has 0 aliphatic rings. The summed E-state index contributed by atoms with van der Waals surface area (Å²) in [6.45, 7) is 11.0. The second kappa shape index (κ2) is 6.34. The van der Waals surface area contributed by atoms with E-state index in [0.29, 0.717) is 0 Å². The van der Waals surface area contributed by atoms with Gasteiger partial charge in [0.2, 0.25) is 0 Å². The van der Waals surface area contributed by atoms with E-state index in [1.165, 1.54) is 0 Å². The van der Waals surface area contributed by atoms with Gasteiger partial charge in [0.15, 0.2) is 0 Å². The van der Waals surface area contributed by atoms with Crippen LogP contribution in [0, 0.1) is 0 Å². The molecular formula is C14H28N4. The summed E-state index contributed by atoms with van der Waals surface area (Å²) >= 11 is 0. The lowest BCUT2D eigenvalue weighted by Crippen LogP contribution is -2.54. The normalized spacial score (nSPS) is 14.2. The Morgan fingerprint density at radius 1 is 1.28 bits per heavy atom. The third-order valence-corrected chi connectivity index (χ3v) is 4.28. The molecule has 0 spiro atoms. The van der Waals surface area contributed by atoms with Crippen molar-refractivity contribution in [3.63, 3.8) is 0 Å². The van der Waals surface area contributed by atoms with Crippen LogP contribution in [0.1, 0.15) is 52.1 Å². The first-order valence-electron chi connectivity index (χ1n) is 7.04. The van der Waals surface area contributed by atoms with Crippen LogP contribution in [-0.4, -0.2) is 33.3 Å². The van der Waals surface area contributed by atoms with E-state index in [0.717, 1.165) is 31.5 Å². The minimum absolute atomic E-state index is 0.0149. The topological polar surface area (TPSA) is 47.1 Å². The molecule has 0 aliphatic heterocycles. The maximum absolute atomic E-state index is 6.57. The van der Waals surface area contributed by atoms with Gasteiger partial charge < -0.3 is 5.73 Å². The Balaban J connectivity index is 3.10. The standard InChI is InChI=1S/C14H28N4/c1-6-14(7-2,18(8-3)9-4)13(15)12-10-16-17(5)11-12/h10-11,13H,6-9,15H2,1-5H3. The molecule has 2 N–H and O–H groups in total. The van der Waals surface area contributed by atoms with Crippen molar-refractivity contribution in [1.29, 1.82) is 0 Å².